The highest BCUT2D eigenvalue weighted by Crippen LogP contribution is 2.47. The summed E-state index contributed by atoms with van der Waals surface area (Å²) in [6.45, 7) is 12.7. The molecule has 2 atom stereocenters. The lowest BCUT2D eigenvalue weighted by molar-refractivity contribution is -0.175. The summed E-state index contributed by atoms with van der Waals surface area (Å²) < 4.78 is 21.5. The van der Waals surface area contributed by atoms with Crippen LogP contribution < -0.4 is 0 Å². The summed E-state index contributed by atoms with van der Waals surface area (Å²) in [5, 5.41) is -0.0666. The fraction of sp³-hybridized carbons (Fsp3) is 0.571. The van der Waals surface area contributed by atoms with E-state index in [4.69, 9.17) is 18.6 Å². The van der Waals surface area contributed by atoms with Gasteiger partial charge in [0.05, 0.1) is 26.9 Å². The molecule has 38 heavy (non-hydrogen) atoms. The van der Waals surface area contributed by atoms with Crippen LogP contribution in [0.25, 0.3) is 0 Å². The molecule has 1 heterocycles. The second-order valence-electron chi connectivity index (χ2n) is 10.8. The van der Waals surface area contributed by atoms with Gasteiger partial charge in [-0.1, -0.05) is 57.2 Å². The van der Waals surface area contributed by atoms with E-state index in [0.29, 0.717) is 0 Å². The molecule has 0 N–H and O–H groups in total. The Morgan fingerprint density at radius 1 is 1.05 bits per heavy atom. The molecule has 2 rings (SSSR count). The van der Waals surface area contributed by atoms with Crippen LogP contribution in [0.5, 0.6) is 0 Å². The van der Waals surface area contributed by atoms with Crippen molar-refractivity contribution in [1.82, 2.24) is 4.90 Å². The zero-order chi connectivity index (χ0) is 28.7. The number of nitrogens with zero attached hydrogens (tertiary/aromatic N) is 1. The quantitative estimate of drug-likeness (QED) is 0.135. The maximum Gasteiger partial charge on any atom is 0.333 e. The number of carbonyl (C=O) groups is 4. The van der Waals surface area contributed by atoms with Crippen molar-refractivity contribution in [2.24, 2.45) is 11.3 Å². The first-order valence-corrected chi connectivity index (χ1v) is 15.7. The second-order valence-corrected chi connectivity index (χ2v) is 15.6. The van der Waals surface area contributed by atoms with Crippen LogP contribution >= 0.6 is 0 Å². The number of hydrogen-bond donors (Lipinski definition) is 0. The summed E-state index contributed by atoms with van der Waals surface area (Å²) in [4.78, 5) is 54.4. The average molecular weight is 548 g/mol. The molecule has 9 nitrogen and oxygen atoms in total. The number of hydrogen-bond acceptors (Lipinski definition) is 8. The van der Waals surface area contributed by atoms with Crippen molar-refractivity contribution < 1.29 is 37.8 Å². The molecule has 0 aliphatic carbocycles. The molecule has 1 saturated heterocycles. The molecule has 0 aromatic heterocycles. The molecule has 0 saturated carbocycles. The predicted molar refractivity (Wildman–Crippen MR) is 144 cm³/mol. The number of amides is 1. The Labute approximate surface area is 226 Å². The number of likely N-dealkylation sites (tertiary alicyclic amines) is 1. The van der Waals surface area contributed by atoms with Crippen molar-refractivity contribution >= 4 is 32.1 Å². The maximum atomic E-state index is 14.1. The number of benzene rings is 1. The highest BCUT2D eigenvalue weighted by Gasteiger charge is 2.69. The molecule has 1 aromatic rings. The van der Waals surface area contributed by atoms with Crippen LogP contribution in [0, 0.1) is 11.3 Å². The van der Waals surface area contributed by atoms with Gasteiger partial charge in [0, 0.05) is 25.1 Å². The molecular formula is C28H41NO8Si. The van der Waals surface area contributed by atoms with Gasteiger partial charge in [0.1, 0.15) is 0 Å². The van der Waals surface area contributed by atoms with E-state index in [9.17, 15) is 19.2 Å². The lowest BCUT2D eigenvalue weighted by Gasteiger charge is -2.37. The monoisotopic (exact) mass is 547 g/mol. The van der Waals surface area contributed by atoms with E-state index < -0.39 is 49.5 Å². The zero-order valence-electron chi connectivity index (χ0n) is 23.7. The van der Waals surface area contributed by atoms with Crippen LogP contribution in [0.4, 0.5) is 0 Å². The van der Waals surface area contributed by atoms with Gasteiger partial charge >= 0.3 is 17.9 Å². The van der Waals surface area contributed by atoms with Gasteiger partial charge in [-0.15, -0.1) is 0 Å². The van der Waals surface area contributed by atoms with Gasteiger partial charge in [-0.3, -0.25) is 14.4 Å². The molecule has 210 valence electrons. The zero-order valence-corrected chi connectivity index (χ0v) is 24.7. The third kappa shape index (κ3) is 6.35. The Bertz CT molecular complexity index is 1020. The van der Waals surface area contributed by atoms with Crippen molar-refractivity contribution in [2.75, 3.05) is 27.4 Å². The van der Waals surface area contributed by atoms with Crippen molar-refractivity contribution in [1.29, 1.82) is 0 Å². The molecule has 0 spiro atoms. The van der Waals surface area contributed by atoms with E-state index in [1.807, 2.05) is 30.3 Å². The summed E-state index contributed by atoms with van der Waals surface area (Å²) in [6, 6.07) is 8.38. The highest BCUT2D eigenvalue weighted by atomic mass is 28.4. The minimum Gasteiger partial charge on any atom is -0.468 e. The molecule has 1 aliphatic rings. The van der Waals surface area contributed by atoms with Crippen LogP contribution in [-0.2, 0) is 44.4 Å². The van der Waals surface area contributed by atoms with E-state index in [1.165, 1.54) is 17.1 Å². The molecule has 0 radical (unpaired) electrons. The maximum absolute atomic E-state index is 14.1. The van der Waals surface area contributed by atoms with Crippen molar-refractivity contribution in [2.45, 2.75) is 64.8 Å². The second kappa shape index (κ2) is 12.7. The number of ether oxygens (including phenoxy) is 3. The van der Waals surface area contributed by atoms with Crippen molar-refractivity contribution in [3.63, 3.8) is 0 Å². The van der Waals surface area contributed by atoms with Gasteiger partial charge in [-0.05, 0) is 37.0 Å². The lowest BCUT2D eigenvalue weighted by Crippen LogP contribution is -2.51. The number of rotatable bonds is 11. The molecule has 1 aliphatic heterocycles. The van der Waals surface area contributed by atoms with Gasteiger partial charge in [0.15, 0.2) is 8.32 Å². The molecular weight excluding hydrogens is 506 g/mol. The van der Waals surface area contributed by atoms with Crippen LogP contribution in [0.1, 0.15) is 39.7 Å². The summed E-state index contributed by atoms with van der Waals surface area (Å²) in [6.07, 6.45) is 2.92. The first-order chi connectivity index (χ1) is 17.8. The van der Waals surface area contributed by atoms with Gasteiger partial charge in [-0.25, -0.2) is 4.79 Å². The molecule has 1 aromatic carbocycles. The fourth-order valence-electron chi connectivity index (χ4n) is 4.48. The van der Waals surface area contributed by atoms with E-state index in [2.05, 4.69) is 33.9 Å². The SMILES string of the molecule is CCOC(=O)/C=C/[C@@H]1[C@@H](CCO[Si](C)(C)C(C)(C)C)C(C(=O)OC)(C(=O)OC)C(=O)N1Cc1ccccc1. The molecule has 10 heteroatoms. The Kier molecular flexibility index (Phi) is 10.4. The van der Waals surface area contributed by atoms with Gasteiger partial charge in [0.25, 0.3) is 5.91 Å². The molecule has 0 unspecified atom stereocenters. The lowest BCUT2D eigenvalue weighted by atomic mass is 9.73. The minimum absolute atomic E-state index is 0.0666. The molecule has 0 bridgehead atoms. The van der Waals surface area contributed by atoms with E-state index in [0.717, 1.165) is 19.8 Å². The first kappa shape index (κ1) is 31.2. The van der Waals surface area contributed by atoms with Crippen molar-refractivity contribution in [3.8, 4) is 0 Å². The van der Waals surface area contributed by atoms with Gasteiger partial charge in [0.2, 0.25) is 5.41 Å². The normalized spacial score (nSPS) is 19.5. The highest BCUT2D eigenvalue weighted by molar-refractivity contribution is 6.74. The standard InChI is InChI=1S/C28H41NO8Si/c1-9-36-23(30)16-15-22-21(17-18-37-38(7,8)27(2,3)4)28(25(32)34-5,26(33)35-6)24(31)29(22)19-20-13-11-10-12-14-20/h10-16,21-22H,9,17-19H2,1-8H3/b16-15+/t21-,22-/m1/s1. The number of esters is 3. The van der Waals surface area contributed by atoms with Crippen molar-refractivity contribution in [3.05, 3.63) is 48.0 Å². The Morgan fingerprint density at radius 2 is 1.63 bits per heavy atom. The largest absolute Gasteiger partial charge is 0.468 e. The van der Waals surface area contributed by atoms with Gasteiger partial charge < -0.3 is 23.5 Å². The number of carbonyl (C=O) groups excluding carboxylic acids is 4. The first-order valence-electron chi connectivity index (χ1n) is 12.8. The van der Waals surface area contributed by atoms with E-state index in [-0.39, 0.29) is 31.2 Å². The summed E-state index contributed by atoms with van der Waals surface area (Å²) >= 11 is 0. The Hall–Kier alpha value is -2.98. The Balaban J connectivity index is 2.64. The topological polar surface area (TPSA) is 108 Å². The minimum atomic E-state index is -2.25. The summed E-state index contributed by atoms with van der Waals surface area (Å²) in [5.74, 6) is -4.26. The Morgan fingerprint density at radius 3 is 2.13 bits per heavy atom. The van der Waals surface area contributed by atoms with Crippen LogP contribution in [0.15, 0.2) is 42.5 Å². The van der Waals surface area contributed by atoms with Gasteiger partial charge in [-0.2, -0.15) is 0 Å². The average Bonchev–Trinajstić information content (AvgIpc) is 3.09. The van der Waals surface area contributed by atoms with Crippen LogP contribution in [-0.4, -0.2) is 70.5 Å². The summed E-state index contributed by atoms with van der Waals surface area (Å²) in [7, 11) is 0.0822. The smallest absolute Gasteiger partial charge is 0.333 e. The van der Waals surface area contributed by atoms with Crippen LogP contribution in [0.3, 0.4) is 0 Å². The van der Waals surface area contributed by atoms with E-state index >= 15 is 0 Å². The number of methoxy groups -OCH3 is 2. The summed E-state index contributed by atoms with van der Waals surface area (Å²) in [5.41, 5.74) is -1.46. The fourth-order valence-corrected chi connectivity index (χ4v) is 5.55. The third-order valence-corrected chi connectivity index (χ3v) is 12.1. The molecule has 1 fully saturated rings. The third-order valence-electron chi connectivity index (χ3n) is 7.55. The van der Waals surface area contributed by atoms with Crippen LogP contribution in [0.2, 0.25) is 18.1 Å². The van der Waals surface area contributed by atoms with E-state index in [1.54, 1.807) is 6.92 Å². The molecule has 1 amide bonds. The predicted octanol–water partition coefficient (Wildman–Crippen LogP) is 3.88.